The maximum absolute atomic E-state index is 11.3. The molecule has 26 heavy (non-hydrogen) atoms. The van der Waals surface area contributed by atoms with Gasteiger partial charge in [-0.2, -0.15) is 0 Å². The van der Waals surface area contributed by atoms with Crippen LogP contribution in [0.2, 0.25) is 0 Å². The van der Waals surface area contributed by atoms with E-state index in [0.29, 0.717) is 6.42 Å². The van der Waals surface area contributed by atoms with Crippen LogP contribution < -0.4 is 0 Å². The van der Waals surface area contributed by atoms with Gasteiger partial charge in [0.2, 0.25) is 0 Å². The Morgan fingerprint density at radius 1 is 0.923 bits per heavy atom. The molecule has 0 saturated carbocycles. The summed E-state index contributed by atoms with van der Waals surface area (Å²) in [5, 5.41) is 0. The van der Waals surface area contributed by atoms with E-state index in [1.807, 2.05) is 0 Å². The first-order valence-corrected chi connectivity index (χ1v) is 11.0. The number of allylic oxidation sites excluding steroid dienone is 2. The summed E-state index contributed by atoms with van der Waals surface area (Å²) < 4.78 is 4.58. The molecule has 0 radical (unpaired) electrons. The molecule has 0 aromatic carbocycles. The molecule has 1 fully saturated rings. The molecule has 1 saturated heterocycles. The third-order valence-electron chi connectivity index (χ3n) is 5.37. The van der Waals surface area contributed by atoms with Crippen LogP contribution >= 0.6 is 0 Å². The average molecular weight is 365 g/mol. The van der Waals surface area contributed by atoms with Crippen LogP contribution in [0.3, 0.4) is 0 Å². The quantitative estimate of drug-likeness (QED) is 0.132. The van der Waals surface area contributed by atoms with Crippen molar-refractivity contribution in [1.29, 1.82) is 0 Å². The first kappa shape index (κ1) is 22.9. The summed E-state index contributed by atoms with van der Waals surface area (Å²) >= 11 is 0. The Morgan fingerprint density at radius 3 is 1.96 bits per heavy atom. The predicted octanol–water partition coefficient (Wildman–Crippen LogP) is 6.75. The van der Waals surface area contributed by atoms with E-state index in [1.54, 1.807) is 0 Å². The molecule has 0 aromatic heterocycles. The summed E-state index contributed by atoms with van der Waals surface area (Å²) in [7, 11) is 0. The maximum atomic E-state index is 11.3. The normalized spacial score (nSPS) is 18.6. The van der Waals surface area contributed by atoms with Gasteiger partial charge >= 0.3 is 11.9 Å². The van der Waals surface area contributed by atoms with Crippen molar-refractivity contribution in [3.63, 3.8) is 0 Å². The Bertz CT molecular complexity index is 414. The summed E-state index contributed by atoms with van der Waals surface area (Å²) in [5.41, 5.74) is 0. The molecule has 0 N–H and O–H groups in total. The third kappa shape index (κ3) is 11.5. The minimum absolute atomic E-state index is 0.159. The van der Waals surface area contributed by atoms with E-state index >= 15 is 0 Å². The van der Waals surface area contributed by atoms with Gasteiger partial charge in [0, 0.05) is 0 Å². The van der Waals surface area contributed by atoms with E-state index in [0.717, 1.165) is 25.2 Å². The van der Waals surface area contributed by atoms with Crippen molar-refractivity contribution in [3.8, 4) is 0 Å². The molecule has 0 amide bonds. The van der Waals surface area contributed by atoms with Crippen molar-refractivity contribution >= 4 is 11.9 Å². The lowest BCUT2D eigenvalue weighted by Gasteiger charge is -2.06. The molecular weight excluding hydrogens is 324 g/mol. The lowest BCUT2D eigenvalue weighted by molar-refractivity contribution is -0.153. The molecule has 2 unspecified atom stereocenters. The molecule has 3 nitrogen and oxygen atoms in total. The molecule has 0 spiro atoms. The molecule has 3 heteroatoms. The topological polar surface area (TPSA) is 43.4 Å². The van der Waals surface area contributed by atoms with Crippen molar-refractivity contribution in [2.45, 2.75) is 110 Å². The SMILES string of the molecule is CCC=CC(C)CCCCCCCCCCCCCC1CC(=O)OC1=O. The summed E-state index contributed by atoms with van der Waals surface area (Å²) in [6.07, 6.45) is 22.6. The van der Waals surface area contributed by atoms with Crippen LogP contribution in [0.15, 0.2) is 12.2 Å². The van der Waals surface area contributed by atoms with Gasteiger partial charge in [-0.05, 0) is 25.2 Å². The van der Waals surface area contributed by atoms with Gasteiger partial charge in [-0.25, -0.2) is 0 Å². The standard InChI is InChI=1S/C23H40O3/c1-3-4-16-20(2)17-14-12-10-8-6-5-7-9-11-13-15-18-21-19-22(24)26-23(21)25/h4,16,20-21H,3,5-15,17-19H2,1-2H3. The van der Waals surface area contributed by atoms with Crippen LogP contribution in [-0.2, 0) is 14.3 Å². The maximum Gasteiger partial charge on any atom is 0.317 e. The highest BCUT2D eigenvalue weighted by molar-refractivity contribution is 5.94. The lowest BCUT2D eigenvalue weighted by Crippen LogP contribution is -2.06. The number of hydrogen-bond donors (Lipinski definition) is 0. The summed E-state index contributed by atoms with van der Waals surface area (Å²) in [6, 6.07) is 0. The fourth-order valence-corrected chi connectivity index (χ4v) is 3.65. The van der Waals surface area contributed by atoms with Crippen LogP contribution in [0, 0.1) is 11.8 Å². The number of esters is 2. The molecule has 1 rings (SSSR count). The van der Waals surface area contributed by atoms with Gasteiger partial charge in [0.05, 0.1) is 12.3 Å². The molecule has 2 atom stereocenters. The van der Waals surface area contributed by atoms with E-state index in [1.165, 1.54) is 70.6 Å². The molecule has 1 aliphatic rings. The Labute approximate surface area is 161 Å². The number of unbranched alkanes of at least 4 members (excludes halogenated alkanes) is 10. The zero-order chi connectivity index (χ0) is 19.0. The number of cyclic esters (lactones) is 2. The number of carbonyl (C=O) groups is 2. The lowest BCUT2D eigenvalue weighted by atomic mass is 9.98. The zero-order valence-corrected chi connectivity index (χ0v) is 17.1. The van der Waals surface area contributed by atoms with Crippen molar-refractivity contribution in [2.24, 2.45) is 11.8 Å². The van der Waals surface area contributed by atoms with E-state index in [4.69, 9.17) is 0 Å². The van der Waals surface area contributed by atoms with E-state index in [2.05, 4.69) is 30.7 Å². The van der Waals surface area contributed by atoms with Crippen LogP contribution in [0.5, 0.6) is 0 Å². The second-order valence-electron chi connectivity index (χ2n) is 7.97. The number of ether oxygens (including phenoxy) is 1. The largest absolute Gasteiger partial charge is 0.393 e. The Balaban J connectivity index is 1.78. The van der Waals surface area contributed by atoms with Crippen molar-refractivity contribution < 1.29 is 14.3 Å². The first-order chi connectivity index (χ1) is 12.6. The monoisotopic (exact) mass is 364 g/mol. The minimum atomic E-state index is -0.345. The second kappa shape index (κ2) is 15.0. The van der Waals surface area contributed by atoms with E-state index in [-0.39, 0.29) is 17.9 Å². The molecule has 0 aliphatic carbocycles. The predicted molar refractivity (Wildman–Crippen MR) is 108 cm³/mol. The van der Waals surface area contributed by atoms with Crippen LogP contribution in [0.25, 0.3) is 0 Å². The van der Waals surface area contributed by atoms with Gasteiger partial charge in [-0.1, -0.05) is 96.6 Å². The van der Waals surface area contributed by atoms with Crippen LogP contribution in [0.1, 0.15) is 110 Å². The molecule has 1 heterocycles. The fourth-order valence-electron chi connectivity index (χ4n) is 3.65. The van der Waals surface area contributed by atoms with E-state index in [9.17, 15) is 9.59 Å². The highest BCUT2D eigenvalue weighted by Gasteiger charge is 2.32. The zero-order valence-electron chi connectivity index (χ0n) is 17.1. The molecule has 0 aromatic rings. The van der Waals surface area contributed by atoms with Gasteiger partial charge in [-0.3, -0.25) is 9.59 Å². The molecule has 1 aliphatic heterocycles. The summed E-state index contributed by atoms with van der Waals surface area (Å²) in [4.78, 5) is 22.4. The first-order valence-electron chi connectivity index (χ1n) is 11.0. The highest BCUT2D eigenvalue weighted by Crippen LogP contribution is 2.22. The highest BCUT2D eigenvalue weighted by atomic mass is 16.6. The van der Waals surface area contributed by atoms with Gasteiger partial charge < -0.3 is 4.74 Å². The van der Waals surface area contributed by atoms with Crippen molar-refractivity contribution in [1.82, 2.24) is 0 Å². The number of hydrogen-bond acceptors (Lipinski definition) is 3. The third-order valence-corrected chi connectivity index (χ3v) is 5.37. The summed E-state index contributed by atoms with van der Waals surface area (Å²) in [6.45, 7) is 4.52. The molecular formula is C23H40O3. The molecule has 150 valence electrons. The minimum Gasteiger partial charge on any atom is -0.393 e. The summed E-state index contributed by atoms with van der Waals surface area (Å²) in [5.74, 6) is -0.0624. The number of carbonyl (C=O) groups excluding carboxylic acids is 2. The smallest absolute Gasteiger partial charge is 0.317 e. The number of rotatable bonds is 16. The van der Waals surface area contributed by atoms with E-state index < -0.39 is 0 Å². The van der Waals surface area contributed by atoms with Crippen LogP contribution in [-0.4, -0.2) is 11.9 Å². The van der Waals surface area contributed by atoms with Gasteiger partial charge in [0.25, 0.3) is 0 Å². The van der Waals surface area contributed by atoms with Gasteiger partial charge in [0.15, 0.2) is 0 Å². The van der Waals surface area contributed by atoms with Crippen molar-refractivity contribution in [3.05, 3.63) is 12.2 Å². The Morgan fingerprint density at radius 2 is 1.46 bits per heavy atom. The molecule has 0 bridgehead atoms. The second-order valence-corrected chi connectivity index (χ2v) is 7.97. The van der Waals surface area contributed by atoms with Crippen molar-refractivity contribution in [2.75, 3.05) is 0 Å². The fraction of sp³-hybridized carbons (Fsp3) is 0.826. The Kier molecular flexibility index (Phi) is 13.2. The Hall–Kier alpha value is -1.12. The van der Waals surface area contributed by atoms with Crippen LogP contribution in [0.4, 0.5) is 0 Å². The van der Waals surface area contributed by atoms with Gasteiger partial charge in [0.1, 0.15) is 0 Å². The van der Waals surface area contributed by atoms with Gasteiger partial charge in [-0.15, -0.1) is 0 Å². The average Bonchev–Trinajstić information content (AvgIpc) is 2.94.